The number of carbonyl (C=O) groups is 1. The lowest BCUT2D eigenvalue weighted by molar-refractivity contribution is 0.262. The van der Waals surface area contributed by atoms with Crippen molar-refractivity contribution in [2.75, 3.05) is 10.6 Å². The molecule has 3 aromatic carbocycles. The molecule has 0 saturated heterocycles. The first-order valence-corrected chi connectivity index (χ1v) is 9.99. The Bertz CT molecular complexity index is 1160. The lowest BCUT2D eigenvalue weighted by Crippen LogP contribution is -2.19. The molecule has 4 rings (SSSR count). The average Bonchev–Trinajstić information content (AvgIpc) is 3.20. The summed E-state index contributed by atoms with van der Waals surface area (Å²) in [7, 11) is 0. The van der Waals surface area contributed by atoms with E-state index >= 15 is 0 Å². The first-order valence-electron chi connectivity index (χ1n) is 8.73. The fourth-order valence-electron chi connectivity index (χ4n) is 2.79. The first kappa shape index (κ1) is 19.1. The van der Waals surface area contributed by atoms with Crippen LogP contribution >= 0.6 is 22.9 Å². The number of nitrogens with zero attached hydrogens (tertiary/aromatic N) is 1. The predicted octanol–water partition coefficient (Wildman–Crippen LogP) is 6.91. The van der Waals surface area contributed by atoms with Crippen LogP contribution in [0.3, 0.4) is 0 Å². The number of hydrogen-bond donors (Lipinski definition) is 2. The zero-order chi connectivity index (χ0) is 20.2. The minimum atomic E-state index is -0.385. The number of rotatable bonds is 4. The maximum Gasteiger partial charge on any atom is 0.323 e. The molecule has 0 spiro atoms. The normalized spacial score (nSPS) is 10.6. The second-order valence-electron chi connectivity index (χ2n) is 6.15. The summed E-state index contributed by atoms with van der Waals surface area (Å²) < 4.78 is 14.1. The second kappa shape index (κ2) is 8.43. The number of para-hydroxylation sites is 1. The third-order valence-corrected chi connectivity index (χ3v) is 5.29. The highest BCUT2D eigenvalue weighted by atomic mass is 35.5. The van der Waals surface area contributed by atoms with Gasteiger partial charge in [-0.2, -0.15) is 0 Å². The van der Waals surface area contributed by atoms with E-state index in [9.17, 15) is 9.18 Å². The molecule has 4 nitrogen and oxygen atoms in total. The van der Waals surface area contributed by atoms with Crippen molar-refractivity contribution >= 4 is 40.3 Å². The molecule has 144 valence electrons. The van der Waals surface area contributed by atoms with Crippen molar-refractivity contribution in [3.8, 4) is 21.8 Å². The smallest absolute Gasteiger partial charge is 0.308 e. The molecule has 1 aromatic heterocycles. The van der Waals surface area contributed by atoms with Gasteiger partial charge in [0.25, 0.3) is 0 Å². The van der Waals surface area contributed by atoms with Crippen molar-refractivity contribution in [1.29, 1.82) is 0 Å². The number of thiazole rings is 1. The van der Waals surface area contributed by atoms with E-state index in [1.54, 1.807) is 48.5 Å². The van der Waals surface area contributed by atoms with Gasteiger partial charge in [0.2, 0.25) is 0 Å². The van der Waals surface area contributed by atoms with Crippen LogP contribution in [0.5, 0.6) is 0 Å². The minimum absolute atomic E-state index is 0.317. The summed E-state index contributed by atoms with van der Waals surface area (Å²) in [5, 5.41) is 8.62. The lowest BCUT2D eigenvalue weighted by Gasteiger charge is -2.11. The molecule has 0 fully saturated rings. The Kier molecular flexibility index (Phi) is 5.55. The third kappa shape index (κ3) is 4.45. The molecule has 0 unspecified atom stereocenters. The number of benzene rings is 3. The van der Waals surface area contributed by atoms with Gasteiger partial charge in [-0.1, -0.05) is 41.9 Å². The largest absolute Gasteiger partial charge is 0.323 e. The van der Waals surface area contributed by atoms with Crippen molar-refractivity contribution in [3.63, 3.8) is 0 Å². The third-order valence-electron chi connectivity index (χ3n) is 4.16. The molecule has 29 heavy (non-hydrogen) atoms. The van der Waals surface area contributed by atoms with Gasteiger partial charge in [-0.15, -0.1) is 11.3 Å². The molecule has 0 bridgehead atoms. The molecule has 0 aliphatic heterocycles. The van der Waals surface area contributed by atoms with Crippen molar-refractivity contribution < 1.29 is 9.18 Å². The van der Waals surface area contributed by atoms with Gasteiger partial charge in [0.05, 0.1) is 11.4 Å². The summed E-state index contributed by atoms with van der Waals surface area (Å²) >= 11 is 7.22. The number of nitrogens with one attached hydrogen (secondary N) is 2. The molecule has 0 saturated carbocycles. The van der Waals surface area contributed by atoms with Gasteiger partial charge >= 0.3 is 6.03 Å². The molecule has 7 heteroatoms. The Hall–Kier alpha value is -3.22. The lowest BCUT2D eigenvalue weighted by atomic mass is 10.1. The van der Waals surface area contributed by atoms with E-state index in [0.717, 1.165) is 5.56 Å². The van der Waals surface area contributed by atoms with Crippen molar-refractivity contribution in [3.05, 3.63) is 89.0 Å². The van der Waals surface area contributed by atoms with E-state index in [-0.39, 0.29) is 11.8 Å². The van der Waals surface area contributed by atoms with Crippen LogP contribution in [0.25, 0.3) is 21.8 Å². The summed E-state index contributed by atoms with van der Waals surface area (Å²) in [5.74, 6) is -0.317. The fraction of sp³-hybridized carbons (Fsp3) is 0. The minimum Gasteiger partial charge on any atom is -0.308 e. The van der Waals surface area contributed by atoms with Crippen LogP contribution in [0.2, 0.25) is 5.02 Å². The van der Waals surface area contributed by atoms with E-state index in [4.69, 9.17) is 11.6 Å². The SMILES string of the molecule is O=C(Nc1ccc(Cl)cc1)Nc1ccccc1-c1csc(-c2ccccc2F)n1. The quantitative estimate of drug-likeness (QED) is 0.374. The van der Waals surface area contributed by atoms with E-state index in [1.165, 1.54) is 17.4 Å². The number of halogens is 2. The first-order chi connectivity index (χ1) is 14.1. The number of urea groups is 1. The Morgan fingerprint density at radius 1 is 0.897 bits per heavy atom. The number of carbonyl (C=O) groups excluding carboxylic acids is 1. The van der Waals surface area contributed by atoms with Crippen LogP contribution in [0.4, 0.5) is 20.6 Å². The van der Waals surface area contributed by atoms with Gasteiger partial charge in [-0.05, 0) is 42.5 Å². The summed E-state index contributed by atoms with van der Waals surface area (Å²) in [4.78, 5) is 17.0. The van der Waals surface area contributed by atoms with E-state index < -0.39 is 0 Å². The zero-order valence-corrected chi connectivity index (χ0v) is 16.6. The van der Waals surface area contributed by atoms with Gasteiger partial charge in [0.15, 0.2) is 0 Å². The van der Waals surface area contributed by atoms with Crippen LogP contribution in [0.15, 0.2) is 78.2 Å². The highest BCUT2D eigenvalue weighted by Gasteiger charge is 2.14. The molecule has 0 aliphatic carbocycles. The molecule has 0 radical (unpaired) electrons. The predicted molar refractivity (Wildman–Crippen MR) is 117 cm³/mol. The molecular weight excluding hydrogens is 409 g/mol. The second-order valence-corrected chi connectivity index (χ2v) is 7.44. The van der Waals surface area contributed by atoms with Gasteiger partial charge < -0.3 is 10.6 Å². The molecule has 0 atom stereocenters. The Morgan fingerprint density at radius 3 is 2.34 bits per heavy atom. The average molecular weight is 424 g/mol. The highest BCUT2D eigenvalue weighted by Crippen LogP contribution is 2.33. The summed E-state index contributed by atoms with van der Waals surface area (Å²) in [6, 6.07) is 20.3. The summed E-state index contributed by atoms with van der Waals surface area (Å²) in [6.45, 7) is 0. The number of anilines is 2. The Balaban J connectivity index is 1.57. The fourth-order valence-corrected chi connectivity index (χ4v) is 3.76. The highest BCUT2D eigenvalue weighted by molar-refractivity contribution is 7.13. The number of hydrogen-bond acceptors (Lipinski definition) is 3. The molecule has 2 amide bonds. The van der Waals surface area contributed by atoms with Gasteiger partial charge in [0.1, 0.15) is 10.8 Å². The number of amides is 2. The Morgan fingerprint density at radius 2 is 1.59 bits per heavy atom. The van der Waals surface area contributed by atoms with Gasteiger partial charge in [-0.3, -0.25) is 0 Å². The van der Waals surface area contributed by atoms with E-state index in [1.807, 2.05) is 23.6 Å². The van der Waals surface area contributed by atoms with Crippen molar-refractivity contribution in [1.82, 2.24) is 4.98 Å². The van der Waals surface area contributed by atoms with Gasteiger partial charge in [0, 0.05) is 27.2 Å². The van der Waals surface area contributed by atoms with Crippen LogP contribution < -0.4 is 10.6 Å². The summed E-state index contributed by atoms with van der Waals surface area (Å²) in [6.07, 6.45) is 0. The molecule has 4 aromatic rings. The monoisotopic (exact) mass is 423 g/mol. The van der Waals surface area contributed by atoms with E-state index in [0.29, 0.717) is 32.7 Å². The van der Waals surface area contributed by atoms with Crippen LogP contribution in [0.1, 0.15) is 0 Å². The Labute approximate surface area is 176 Å². The zero-order valence-electron chi connectivity index (χ0n) is 15.0. The van der Waals surface area contributed by atoms with E-state index in [2.05, 4.69) is 15.6 Å². The molecular formula is C22H15ClFN3OS. The van der Waals surface area contributed by atoms with Crippen LogP contribution in [-0.4, -0.2) is 11.0 Å². The molecule has 2 N–H and O–H groups in total. The maximum absolute atomic E-state index is 14.1. The molecule has 0 aliphatic rings. The van der Waals surface area contributed by atoms with Crippen molar-refractivity contribution in [2.45, 2.75) is 0 Å². The summed E-state index contributed by atoms with van der Waals surface area (Å²) in [5.41, 5.74) is 3.09. The molecule has 1 heterocycles. The van der Waals surface area contributed by atoms with Crippen LogP contribution in [0, 0.1) is 5.82 Å². The topological polar surface area (TPSA) is 54.0 Å². The van der Waals surface area contributed by atoms with Crippen molar-refractivity contribution in [2.24, 2.45) is 0 Å². The van der Waals surface area contributed by atoms with Gasteiger partial charge in [-0.25, -0.2) is 14.2 Å². The van der Waals surface area contributed by atoms with Crippen LogP contribution in [-0.2, 0) is 0 Å². The standard InChI is InChI=1S/C22H15ClFN3OS/c23-14-9-11-15(12-10-14)25-22(28)27-19-8-4-2-6-17(19)20-13-29-21(26-20)16-5-1-3-7-18(16)24/h1-13H,(H2,25,27,28). The number of aromatic nitrogens is 1. The maximum atomic E-state index is 14.1.